The Bertz CT molecular complexity index is 481. The van der Waals surface area contributed by atoms with Gasteiger partial charge >= 0.3 is 0 Å². The van der Waals surface area contributed by atoms with E-state index in [9.17, 15) is 4.79 Å². The average Bonchev–Trinajstić information content (AvgIpc) is 2.80. The lowest BCUT2D eigenvalue weighted by Crippen LogP contribution is -2.16. The molecule has 1 aliphatic rings. The zero-order valence-corrected chi connectivity index (χ0v) is 11.7. The van der Waals surface area contributed by atoms with Crippen LogP contribution in [-0.4, -0.2) is 10.9 Å². The molecule has 18 heavy (non-hydrogen) atoms. The van der Waals surface area contributed by atoms with Gasteiger partial charge < -0.3 is 5.32 Å². The van der Waals surface area contributed by atoms with Gasteiger partial charge in [0.2, 0.25) is 5.91 Å². The number of aromatic nitrogens is 1. The molecule has 1 aromatic heterocycles. The predicted octanol–water partition coefficient (Wildman–Crippen LogP) is 3.61. The molecular formula is C13H14Cl2N2O. The van der Waals surface area contributed by atoms with Gasteiger partial charge in [0.1, 0.15) is 4.49 Å². The highest BCUT2D eigenvalue weighted by Gasteiger charge is 2.60. The van der Waals surface area contributed by atoms with Crippen molar-refractivity contribution >= 4 is 34.8 Å². The van der Waals surface area contributed by atoms with Gasteiger partial charge in [-0.2, -0.15) is 0 Å². The minimum Gasteiger partial charge on any atom is -0.324 e. The lowest BCUT2D eigenvalue weighted by Gasteiger charge is -2.05. The van der Waals surface area contributed by atoms with E-state index in [0.717, 1.165) is 0 Å². The number of anilines is 1. The fraction of sp³-hybridized carbons (Fsp3) is 0.385. The average molecular weight is 285 g/mol. The Morgan fingerprint density at radius 3 is 2.78 bits per heavy atom. The molecule has 1 aliphatic carbocycles. The summed E-state index contributed by atoms with van der Waals surface area (Å²) in [6.45, 7) is 4.05. The normalized spacial score (nSPS) is 24.2. The standard InChI is InChI=1S/C13H14Cl2N2O/c1-13(2)9(6-10(14)15)11(13)12(18)17-8-4-3-5-16-7-8/h3-7,9,11H,1-2H3,(H,17,18)/t9-,11-/m0/s1. The number of hydrogen-bond acceptors (Lipinski definition) is 2. The summed E-state index contributed by atoms with van der Waals surface area (Å²) in [4.78, 5) is 16.1. The third-order valence-electron chi connectivity index (χ3n) is 3.43. The van der Waals surface area contributed by atoms with E-state index in [1.54, 1.807) is 30.6 Å². The van der Waals surface area contributed by atoms with E-state index < -0.39 is 0 Å². The Labute approximate surface area is 116 Å². The third kappa shape index (κ3) is 2.68. The van der Waals surface area contributed by atoms with E-state index in [4.69, 9.17) is 23.2 Å². The van der Waals surface area contributed by atoms with Crippen LogP contribution in [0.4, 0.5) is 5.69 Å². The van der Waals surface area contributed by atoms with E-state index in [1.807, 2.05) is 13.8 Å². The second-order valence-electron chi connectivity index (χ2n) is 5.01. The van der Waals surface area contributed by atoms with Crippen molar-refractivity contribution in [2.75, 3.05) is 5.32 Å². The van der Waals surface area contributed by atoms with Crippen LogP contribution in [0.15, 0.2) is 35.1 Å². The van der Waals surface area contributed by atoms with Gasteiger partial charge in [-0.15, -0.1) is 0 Å². The van der Waals surface area contributed by atoms with Gasteiger partial charge in [0.15, 0.2) is 0 Å². The molecule has 1 amide bonds. The fourth-order valence-corrected chi connectivity index (χ4v) is 2.55. The number of pyridine rings is 1. The molecule has 1 N–H and O–H groups in total. The number of allylic oxidation sites excluding steroid dienone is 1. The molecule has 1 heterocycles. The Morgan fingerprint density at radius 1 is 1.50 bits per heavy atom. The lowest BCUT2D eigenvalue weighted by molar-refractivity contribution is -0.118. The Kier molecular flexibility index (Phi) is 3.64. The molecule has 0 saturated heterocycles. The Balaban J connectivity index is 2.05. The maximum Gasteiger partial charge on any atom is 0.228 e. The summed E-state index contributed by atoms with van der Waals surface area (Å²) in [5.74, 6) is -0.0480. The van der Waals surface area contributed by atoms with Gasteiger partial charge in [-0.3, -0.25) is 9.78 Å². The largest absolute Gasteiger partial charge is 0.324 e. The number of carbonyl (C=O) groups is 1. The summed E-state index contributed by atoms with van der Waals surface area (Å²) in [5.41, 5.74) is 0.589. The molecule has 2 atom stereocenters. The van der Waals surface area contributed by atoms with E-state index in [1.165, 1.54) is 0 Å². The summed E-state index contributed by atoms with van der Waals surface area (Å²) in [6, 6.07) is 3.58. The molecule has 0 aromatic carbocycles. The minimum atomic E-state index is -0.110. The van der Waals surface area contributed by atoms with Crippen LogP contribution in [0.2, 0.25) is 0 Å². The first-order valence-electron chi connectivity index (χ1n) is 5.66. The van der Waals surface area contributed by atoms with Gasteiger partial charge in [0, 0.05) is 6.20 Å². The number of amides is 1. The first-order valence-corrected chi connectivity index (χ1v) is 6.42. The number of nitrogens with one attached hydrogen (secondary N) is 1. The molecule has 0 spiro atoms. The number of nitrogens with zero attached hydrogens (tertiary/aromatic N) is 1. The summed E-state index contributed by atoms with van der Waals surface area (Å²) < 4.78 is 0.213. The topological polar surface area (TPSA) is 42.0 Å². The van der Waals surface area contributed by atoms with Crippen LogP contribution in [0.1, 0.15) is 13.8 Å². The van der Waals surface area contributed by atoms with E-state index in [0.29, 0.717) is 5.69 Å². The lowest BCUT2D eigenvalue weighted by atomic mass is 10.1. The predicted molar refractivity (Wildman–Crippen MR) is 73.4 cm³/mol. The maximum absolute atomic E-state index is 12.1. The van der Waals surface area contributed by atoms with Crippen molar-refractivity contribution in [1.82, 2.24) is 4.98 Å². The van der Waals surface area contributed by atoms with Gasteiger partial charge in [-0.25, -0.2) is 0 Å². The number of rotatable bonds is 3. The third-order valence-corrected chi connectivity index (χ3v) is 3.68. The SMILES string of the molecule is CC1(C)[C@H](C(=O)Nc2cccnc2)[C@@H]1C=C(Cl)Cl. The molecule has 0 aliphatic heterocycles. The van der Waals surface area contributed by atoms with Crippen molar-refractivity contribution in [3.05, 3.63) is 35.1 Å². The smallest absolute Gasteiger partial charge is 0.228 e. The van der Waals surface area contributed by atoms with Crippen LogP contribution in [0.5, 0.6) is 0 Å². The summed E-state index contributed by atoms with van der Waals surface area (Å²) in [6.07, 6.45) is 5.01. The molecule has 0 radical (unpaired) electrons. The molecule has 1 aromatic rings. The molecule has 0 bridgehead atoms. The van der Waals surface area contributed by atoms with Gasteiger partial charge in [0.25, 0.3) is 0 Å². The fourth-order valence-electron chi connectivity index (χ4n) is 2.28. The van der Waals surface area contributed by atoms with Crippen LogP contribution in [0.3, 0.4) is 0 Å². The van der Waals surface area contributed by atoms with Gasteiger partial charge in [0.05, 0.1) is 17.8 Å². The first kappa shape index (κ1) is 13.4. The zero-order chi connectivity index (χ0) is 13.3. The second-order valence-corrected chi connectivity index (χ2v) is 6.02. The summed E-state index contributed by atoms with van der Waals surface area (Å²) in [7, 11) is 0. The molecule has 5 heteroatoms. The quantitative estimate of drug-likeness (QED) is 0.921. The van der Waals surface area contributed by atoms with Crippen LogP contribution >= 0.6 is 23.2 Å². The van der Waals surface area contributed by atoms with Crippen LogP contribution in [0, 0.1) is 17.3 Å². The molecule has 2 rings (SSSR count). The highest BCUT2D eigenvalue weighted by atomic mass is 35.5. The van der Waals surface area contributed by atoms with Crippen molar-refractivity contribution < 1.29 is 4.79 Å². The van der Waals surface area contributed by atoms with Crippen molar-refractivity contribution in [3.8, 4) is 0 Å². The van der Waals surface area contributed by atoms with Crippen molar-refractivity contribution in [2.45, 2.75) is 13.8 Å². The van der Waals surface area contributed by atoms with Crippen LogP contribution in [-0.2, 0) is 4.79 Å². The molecule has 96 valence electrons. The molecule has 1 saturated carbocycles. The first-order chi connectivity index (χ1) is 8.43. The molecule has 3 nitrogen and oxygen atoms in total. The summed E-state index contributed by atoms with van der Waals surface area (Å²) >= 11 is 11.3. The monoisotopic (exact) mass is 284 g/mol. The van der Waals surface area contributed by atoms with Crippen molar-refractivity contribution in [2.24, 2.45) is 17.3 Å². The summed E-state index contributed by atoms with van der Waals surface area (Å²) in [5, 5.41) is 2.85. The van der Waals surface area contributed by atoms with E-state index >= 15 is 0 Å². The van der Waals surface area contributed by atoms with Crippen molar-refractivity contribution in [1.29, 1.82) is 0 Å². The van der Waals surface area contributed by atoms with E-state index in [-0.39, 0.29) is 27.6 Å². The van der Waals surface area contributed by atoms with Crippen molar-refractivity contribution in [3.63, 3.8) is 0 Å². The van der Waals surface area contributed by atoms with Crippen LogP contribution in [0.25, 0.3) is 0 Å². The maximum atomic E-state index is 12.1. The Morgan fingerprint density at radius 2 is 2.22 bits per heavy atom. The minimum absolute atomic E-state index is 0.0242. The van der Waals surface area contributed by atoms with Gasteiger partial charge in [-0.05, 0) is 29.5 Å². The van der Waals surface area contributed by atoms with Crippen LogP contribution < -0.4 is 5.32 Å². The number of hydrogen-bond donors (Lipinski definition) is 1. The Hall–Kier alpha value is -1.06. The number of carbonyl (C=O) groups excluding carboxylic acids is 1. The molecular weight excluding hydrogens is 271 g/mol. The van der Waals surface area contributed by atoms with E-state index in [2.05, 4.69) is 10.3 Å². The highest BCUT2D eigenvalue weighted by molar-refractivity contribution is 6.55. The molecule has 1 fully saturated rings. The second kappa shape index (κ2) is 4.90. The number of halogens is 2. The van der Waals surface area contributed by atoms with Gasteiger partial charge in [-0.1, -0.05) is 37.0 Å². The highest BCUT2D eigenvalue weighted by Crippen LogP contribution is 2.59. The zero-order valence-electron chi connectivity index (χ0n) is 10.2. The molecule has 0 unspecified atom stereocenters.